The molecule has 0 N–H and O–H groups in total. The molecule has 0 radical (unpaired) electrons. The van der Waals surface area contributed by atoms with Gasteiger partial charge in [-0.3, -0.25) is 9.59 Å². The van der Waals surface area contributed by atoms with Crippen LogP contribution in [0, 0.1) is 0 Å². The first kappa shape index (κ1) is 20.2. The summed E-state index contributed by atoms with van der Waals surface area (Å²) >= 11 is 0. The Labute approximate surface area is 165 Å². The lowest BCUT2D eigenvalue weighted by Gasteiger charge is -2.25. The zero-order chi connectivity index (χ0) is 19.9. The van der Waals surface area contributed by atoms with E-state index in [4.69, 9.17) is 9.15 Å². The maximum absolute atomic E-state index is 12.5. The van der Waals surface area contributed by atoms with Crippen LogP contribution < -0.4 is 0 Å². The molecule has 2 aromatic rings. The van der Waals surface area contributed by atoms with Gasteiger partial charge in [-0.2, -0.15) is 0 Å². The van der Waals surface area contributed by atoms with Gasteiger partial charge in [0.25, 0.3) is 5.91 Å². The van der Waals surface area contributed by atoms with Gasteiger partial charge in [0.2, 0.25) is 5.91 Å². The van der Waals surface area contributed by atoms with Crippen LogP contribution in [-0.2, 0) is 22.6 Å². The summed E-state index contributed by atoms with van der Waals surface area (Å²) in [5, 5.41) is 0. The van der Waals surface area contributed by atoms with E-state index in [-0.39, 0.29) is 11.8 Å². The SMILES string of the molecule is CCCN(Cc1cccn1Cc1ccc(C(=O)N2CCOCC2)o1)C(=O)CC. The number of hydrogen-bond donors (Lipinski definition) is 0. The Kier molecular flexibility index (Phi) is 6.92. The Morgan fingerprint density at radius 3 is 2.64 bits per heavy atom. The first-order valence-electron chi connectivity index (χ1n) is 9.99. The van der Waals surface area contributed by atoms with Crippen LogP contribution in [0.2, 0.25) is 0 Å². The van der Waals surface area contributed by atoms with E-state index in [1.165, 1.54) is 0 Å². The van der Waals surface area contributed by atoms with Gasteiger partial charge < -0.3 is 23.5 Å². The second kappa shape index (κ2) is 9.59. The highest BCUT2D eigenvalue weighted by Gasteiger charge is 2.21. The number of ether oxygens (including phenoxy) is 1. The molecule has 0 unspecified atom stereocenters. The van der Waals surface area contributed by atoms with Crippen molar-refractivity contribution in [3.05, 3.63) is 47.7 Å². The van der Waals surface area contributed by atoms with E-state index in [2.05, 4.69) is 11.5 Å². The summed E-state index contributed by atoms with van der Waals surface area (Å²) in [5.74, 6) is 1.15. The molecule has 1 fully saturated rings. The molecule has 0 spiro atoms. The van der Waals surface area contributed by atoms with Crippen LogP contribution in [-0.4, -0.2) is 59.0 Å². The minimum atomic E-state index is -0.0926. The first-order valence-corrected chi connectivity index (χ1v) is 9.99. The van der Waals surface area contributed by atoms with Gasteiger partial charge in [-0.05, 0) is 30.7 Å². The first-order chi connectivity index (χ1) is 13.6. The number of amides is 2. The van der Waals surface area contributed by atoms with Crippen LogP contribution in [0.1, 0.15) is 48.7 Å². The third-order valence-corrected chi connectivity index (χ3v) is 4.92. The Balaban J connectivity index is 1.66. The molecule has 2 aromatic heterocycles. The highest BCUT2D eigenvalue weighted by atomic mass is 16.5. The molecule has 1 aliphatic heterocycles. The number of hydrogen-bond acceptors (Lipinski definition) is 4. The average molecular weight is 387 g/mol. The fraction of sp³-hybridized carbons (Fsp3) is 0.524. The van der Waals surface area contributed by atoms with Crippen molar-refractivity contribution >= 4 is 11.8 Å². The highest BCUT2D eigenvalue weighted by Crippen LogP contribution is 2.16. The molecule has 0 atom stereocenters. The van der Waals surface area contributed by atoms with Crippen molar-refractivity contribution in [3.63, 3.8) is 0 Å². The molecule has 7 nitrogen and oxygen atoms in total. The maximum atomic E-state index is 12.5. The highest BCUT2D eigenvalue weighted by molar-refractivity contribution is 5.91. The van der Waals surface area contributed by atoms with E-state index in [9.17, 15) is 9.59 Å². The van der Waals surface area contributed by atoms with Gasteiger partial charge in [-0.1, -0.05) is 13.8 Å². The number of carbonyl (C=O) groups is 2. The van der Waals surface area contributed by atoms with Gasteiger partial charge >= 0.3 is 0 Å². The topological polar surface area (TPSA) is 67.9 Å². The van der Waals surface area contributed by atoms with Crippen molar-refractivity contribution in [3.8, 4) is 0 Å². The van der Waals surface area contributed by atoms with Crippen molar-refractivity contribution in [1.29, 1.82) is 0 Å². The number of morpholine rings is 1. The Morgan fingerprint density at radius 1 is 1.14 bits per heavy atom. The molecular weight excluding hydrogens is 358 g/mol. The van der Waals surface area contributed by atoms with E-state index in [1.807, 2.05) is 36.2 Å². The van der Waals surface area contributed by atoms with Gasteiger partial charge in [0.05, 0.1) is 26.3 Å². The Hall–Kier alpha value is -2.54. The number of carbonyl (C=O) groups excluding carboxylic acids is 2. The molecule has 3 rings (SSSR count). The normalized spacial score (nSPS) is 14.3. The second-order valence-electron chi connectivity index (χ2n) is 6.97. The third-order valence-electron chi connectivity index (χ3n) is 4.92. The summed E-state index contributed by atoms with van der Waals surface area (Å²) in [7, 11) is 0. The van der Waals surface area contributed by atoms with E-state index in [1.54, 1.807) is 11.0 Å². The predicted molar refractivity (Wildman–Crippen MR) is 105 cm³/mol. The molecule has 1 aliphatic rings. The van der Waals surface area contributed by atoms with Crippen LogP contribution in [0.25, 0.3) is 0 Å². The van der Waals surface area contributed by atoms with Crippen LogP contribution in [0.4, 0.5) is 0 Å². The van der Waals surface area contributed by atoms with E-state index < -0.39 is 0 Å². The fourth-order valence-corrected chi connectivity index (χ4v) is 3.40. The lowest BCUT2D eigenvalue weighted by molar-refractivity contribution is -0.131. The quantitative estimate of drug-likeness (QED) is 0.698. The lowest BCUT2D eigenvalue weighted by atomic mass is 10.3. The summed E-state index contributed by atoms with van der Waals surface area (Å²) in [6, 6.07) is 7.58. The second-order valence-corrected chi connectivity index (χ2v) is 6.97. The van der Waals surface area contributed by atoms with Crippen molar-refractivity contribution in [2.45, 2.75) is 39.8 Å². The molecule has 0 bridgehead atoms. The predicted octanol–water partition coefficient (Wildman–Crippen LogP) is 2.75. The molecule has 0 aromatic carbocycles. The lowest BCUT2D eigenvalue weighted by Crippen LogP contribution is -2.40. The largest absolute Gasteiger partial charge is 0.454 e. The molecule has 1 saturated heterocycles. The summed E-state index contributed by atoms with van der Waals surface area (Å²) < 4.78 is 13.2. The zero-order valence-electron chi connectivity index (χ0n) is 16.7. The minimum absolute atomic E-state index is 0.0926. The van der Waals surface area contributed by atoms with E-state index in [0.717, 1.165) is 24.4 Å². The molecular formula is C21H29N3O4. The monoisotopic (exact) mass is 387 g/mol. The van der Waals surface area contributed by atoms with Gasteiger partial charge in [-0.15, -0.1) is 0 Å². The molecule has 28 heavy (non-hydrogen) atoms. The molecule has 0 saturated carbocycles. The smallest absolute Gasteiger partial charge is 0.289 e. The Morgan fingerprint density at radius 2 is 1.93 bits per heavy atom. The number of nitrogens with zero attached hydrogens (tertiary/aromatic N) is 3. The zero-order valence-corrected chi connectivity index (χ0v) is 16.7. The van der Waals surface area contributed by atoms with Gasteiger partial charge in [0, 0.05) is 37.9 Å². The van der Waals surface area contributed by atoms with Crippen LogP contribution >= 0.6 is 0 Å². The number of rotatable bonds is 8. The van der Waals surface area contributed by atoms with Crippen molar-refractivity contribution in [2.24, 2.45) is 0 Å². The molecule has 0 aliphatic carbocycles. The minimum Gasteiger partial charge on any atom is -0.454 e. The molecule has 7 heteroatoms. The fourth-order valence-electron chi connectivity index (χ4n) is 3.40. The van der Waals surface area contributed by atoms with Gasteiger partial charge in [-0.25, -0.2) is 0 Å². The Bertz CT molecular complexity index is 789. The number of aromatic nitrogens is 1. The maximum Gasteiger partial charge on any atom is 0.289 e. The summed E-state index contributed by atoms with van der Waals surface area (Å²) in [6.07, 6.45) is 3.41. The van der Waals surface area contributed by atoms with Crippen LogP contribution in [0.15, 0.2) is 34.9 Å². The van der Waals surface area contributed by atoms with Crippen molar-refractivity contribution in [2.75, 3.05) is 32.8 Å². The summed E-state index contributed by atoms with van der Waals surface area (Å²) in [6.45, 7) is 8.13. The molecule has 2 amide bonds. The summed E-state index contributed by atoms with van der Waals surface area (Å²) in [5.41, 5.74) is 1.05. The number of furan rings is 1. The van der Waals surface area contributed by atoms with Gasteiger partial charge in [0.1, 0.15) is 5.76 Å². The van der Waals surface area contributed by atoms with Gasteiger partial charge in [0.15, 0.2) is 5.76 Å². The van der Waals surface area contributed by atoms with E-state index >= 15 is 0 Å². The van der Waals surface area contributed by atoms with E-state index in [0.29, 0.717) is 51.6 Å². The standard InChI is InChI=1S/C21H29N3O4/c1-3-9-24(20(25)4-2)15-17-6-5-10-23(17)16-18-7-8-19(28-18)21(26)22-11-13-27-14-12-22/h5-8,10H,3-4,9,11-16H2,1-2H3. The molecule has 152 valence electrons. The van der Waals surface area contributed by atoms with Crippen LogP contribution in [0.5, 0.6) is 0 Å². The molecule has 3 heterocycles. The summed E-state index contributed by atoms with van der Waals surface area (Å²) in [4.78, 5) is 28.4. The van der Waals surface area contributed by atoms with Crippen LogP contribution in [0.3, 0.4) is 0 Å². The average Bonchev–Trinajstić information content (AvgIpc) is 3.37. The van der Waals surface area contributed by atoms with Crippen molar-refractivity contribution < 1.29 is 18.7 Å². The van der Waals surface area contributed by atoms with Crippen molar-refractivity contribution in [1.82, 2.24) is 14.4 Å². The third kappa shape index (κ3) is 4.84.